The number of nitrogens with one attached hydrogen (secondary N) is 1. The Morgan fingerprint density at radius 2 is 1.96 bits per heavy atom. The molecule has 0 unspecified atom stereocenters. The second kappa shape index (κ2) is 9.28. The molecule has 150 valence electrons. The second-order valence-corrected chi connectivity index (χ2v) is 7.72. The average Bonchev–Trinajstić information content (AvgIpc) is 2.59. The lowest BCUT2D eigenvalue weighted by atomic mass is 10.2. The number of hydrogen-bond acceptors (Lipinski definition) is 5. The number of carbonyl (C=O) groups is 2. The molecule has 1 heterocycles. The first-order valence-corrected chi connectivity index (χ1v) is 9.47. The zero-order valence-electron chi connectivity index (χ0n) is 16.4. The van der Waals surface area contributed by atoms with Gasteiger partial charge < -0.3 is 19.7 Å². The van der Waals surface area contributed by atoms with Gasteiger partial charge in [-0.3, -0.25) is 9.69 Å². The molecule has 0 atom stereocenters. The van der Waals surface area contributed by atoms with E-state index in [9.17, 15) is 9.59 Å². The van der Waals surface area contributed by atoms with E-state index in [1.165, 1.54) is 4.90 Å². The Bertz CT molecular complexity index is 669. The third-order valence-electron chi connectivity index (χ3n) is 3.95. The first-order chi connectivity index (χ1) is 12.7. The molecule has 0 saturated carbocycles. The van der Waals surface area contributed by atoms with E-state index in [0.717, 1.165) is 18.8 Å². The summed E-state index contributed by atoms with van der Waals surface area (Å²) >= 11 is 6.38. The lowest BCUT2D eigenvalue weighted by Gasteiger charge is -2.29. The van der Waals surface area contributed by atoms with Crippen LogP contribution in [0.4, 0.5) is 16.2 Å². The zero-order chi connectivity index (χ0) is 20.0. The van der Waals surface area contributed by atoms with E-state index in [1.54, 1.807) is 39.8 Å². The Morgan fingerprint density at radius 1 is 1.30 bits per heavy atom. The molecular weight excluding hydrogens is 370 g/mol. The lowest BCUT2D eigenvalue weighted by molar-refractivity contribution is -0.117. The summed E-state index contributed by atoms with van der Waals surface area (Å²) in [5.74, 6) is -0.308. The second-order valence-electron chi connectivity index (χ2n) is 7.31. The molecule has 1 aliphatic rings. The number of morpholine rings is 1. The van der Waals surface area contributed by atoms with Crippen LogP contribution in [0.15, 0.2) is 18.2 Å². The summed E-state index contributed by atoms with van der Waals surface area (Å²) < 4.78 is 10.7. The van der Waals surface area contributed by atoms with Crippen molar-refractivity contribution in [1.29, 1.82) is 0 Å². The van der Waals surface area contributed by atoms with Crippen molar-refractivity contribution in [3.8, 4) is 0 Å². The van der Waals surface area contributed by atoms with Crippen LogP contribution in [0.3, 0.4) is 0 Å². The summed E-state index contributed by atoms with van der Waals surface area (Å²) in [6.45, 7) is 10.4. The van der Waals surface area contributed by atoms with Gasteiger partial charge in [0.05, 0.1) is 23.9 Å². The summed E-state index contributed by atoms with van der Waals surface area (Å²) in [5, 5.41) is 3.34. The SMILES string of the molecule is CCN(CC(=O)Nc1ccc(N2CCOCC2)c(Cl)c1)C(=O)OC(C)(C)C. The number of hydrogen-bond donors (Lipinski definition) is 1. The molecule has 1 fully saturated rings. The van der Waals surface area contributed by atoms with Gasteiger partial charge in [-0.2, -0.15) is 0 Å². The topological polar surface area (TPSA) is 71.1 Å². The number of nitrogens with zero attached hydrogens (tertiary/aromatic N) is 2. The largest absolute Gasteiger partial charge is 0.444 e. The van der Waals surface area contributed by atoms with Crippen LogP contribution in [-0.4, -0.2) is 61.9 Å². The minimum absolute atomic E-state index is 0.0890. The lowest BCUT2D eigenvalue weighted by Crippen LogP contribution is -2.41. The normalized spacial score (nSPS) is 14.6. The Kier molecular flexibility index (Phi) is 7.33. The smallest absolute Gasteiger partial charge is 0.410 e. The first-order valence-electron chi connectivity index (χ1n) is 9.09. The third-order valence-corrected chi connectivity index (χ3v) is 4.25. The molecule has 7 nitrogen and oxygen atoms in total. The number of rotatable bonds is 5. The molecule has 2 rings (SSSR count). The number of carbonyl (C=O) groups excluding carboxylic acids is 2. The van der Waals surface area contributed by atoms with Crippen molar-refractivity contribution in [1.82, 2.24) is 4.90 Å². The van der Waals surface area contributed by atoms with Gasteiger partial charge in [-0.05, 0) is 45.9 Å². The molecule has 0 radical (unpaired) electrons. The summed E-state index contributed by atoms with van der Waals surface area (Å²) in [5.41, 5.74) is 0.897. The average molecular weight is 398 g/mol. The highest BCUT2D eigenvalue weighted by Gasteiger charge is 2.23. The molecule has 1 N–H and O–H groups in total. The van der Waals surface area contributed by atoms with Crippen molar-refractivity contribution in [2.24, 2.45) is 0 Å². The molecule has 0 bridgehead atoms. The summed E-state index contributed by atoms with van der Waals surface area (Å²) in [4.78, 5) is 28.0. The Morgan fingerprint density at radius 3 is 2.52 bits per heavy atom. The number of amides is 2. The highest BCUT2D eigenvalue weighted by Crippen LogP contribution is 2.29. The molecule has 1 aliphatic heterocycles. The van der Waals surface area contributed by atoms with Gasteiger partial charge in [0, 0.05) is 25.3 Å². The maximum atomic E-state index is 12.3. The van der Waals surface area contributed by atoms with Crippen LogP contribution in [0.1, 0.15) is 27.7 Å². The van der Waals surface area contributed by atoms with Gasteiger partial charge in [0.25, 0.3) is 0 Å². The summed E-state index contributed by atoms with van der Waals surface area (Å²) in [7, 11) is 0. The van der Waals surface area contributed by atoms with Crippen molar-refractivity contribution in [3.63, 3.8) is 0 Å². The van der Waals surface area contributed by atoms with Crippen LogP contribution >= 0.6 is 11.6 Å². The van der Waals surface area contributed by atoms with Crippen molar-refractivity contribution in [3.05, 3.63) is 23.2 Å². The number of likely N-dealkylation sites (N-methyl/N-ethyl adjacent to an activating group) is 1. The van der Waals surface area contributed by atoms with E-state index in [-0.39, 0.29) is 12.5 Å². The predicted octanol–water partition coefficient (Wildman–Crippen LogP) is 3.37. The van der Waals surface area contributed by atoms with Gasteiger partial charge >= 0.3 is 6.09 Å². The fraction of sp³-hybridized carbons (Fsp3) is 0.579. The number of anilines is 2. The Labute approximate surface area is 165 Å². The maximum Gasteiger partial charge on any atom is 0.410 e. The monoisotopic (exact) mass is 397 g/mol. The zero-order valence-corrected chi connectivity index (χ0v) is 17.1. The fourth-order valence-corrected chi connectivity index (χ4v) is 2.95. The molecule has 2 amide bonds. The van der Waals surface area contributed by atoms with Crippen molar-refractivity contribution in [2.45, 2.75) is 33.3 Å². The first kappa shape index (κ1) is 21.3. The minimum Gasteiger partial charge on any atom is -0.444 e. The predicted molar refractivity (Wildman–Crippen MR) is 107 cm³/mol. The molecule has 0 aliphatic carbocycles. The molecular formula is C19H28ClN3O4. The standard InChI is InChI=1S/C19H28ClN3O4/c1-5-22(18(25)27-19(2,3)4)13-17(24)21-14-6-7-16(15(20)12-14)23-8-10-26-11-9-23/h6-7,12H,5,8-11,13H2,1-4H3,(H,21,24). The van der Waals surface area contributed by atoms with Gasteiger partial charge in [0.2, 0.25) is 5.91 Å². The molecule has 8 heteroatoms. The van der Waals surface area contributed by atoms with Gasteiger partial charge in [-0.1, -0.05) is 11.6 Å². The van der Waals surface area contributed by atoms with Gasteiger partial charge in [0.15, 0.2) is 0 Å². The van der Waals surface area contributed by atoms with Crippen LogP contribution in [0, 0.1) is 0 Å². The van der Waals surface area contributed by atoms with E-state index in [1.807, 2.05) is 6.07 Å². The Balaban J connectivity index is 1.96. The molecule has 0 spiro atoms. The van der Waals surface area contributed by atoms with Gasteiger partial charge in [-0.25, -0.2) is 4.79 Å². The highest BCUT2D eigenvalue weighted by molar-refractivity contribution is 6.33. The van der Waals surface area contributed by atoms with E-state index < -0.39 is 11.7 Å². The third kappa shape index (κ3) is 6.59. The number of halogens is 1. The van der Waals surface area contributed by atoms with Crippen LogP contribution in [0.25, 0.3) is 0 Å². The van der Waals surface area contributed by atoms with Crippen LogP contribution in [0.2, 0.25) is 5.02 Å². The molecule has 1 aromatic carbocycles. The summed E-state index contributed by atoms with van der Waals surface area (Å²) in [6, 6.07) is 5.40. The van der Waals surface area contributed by atoms with Crippen LogP contribution in [-0.2, 0) is 14.3 Å². The van der Waals surface area contributed by atoms with Crippen LogP contribution < -0.4 is 10.2 Å². The molecule has 0 aromatic heterocycles. The summed E-state index contributed by atoms with van der Waals surface area (Å²) in [6.07, 6.45) is -0.513. The van der Waals surface area contributed by atoms with Crippen LogP contribution in [0.5, 0.6) is 0 Å². The Hall–Kier alpha value is -1.99. The van der Waals surface area contributed by atoms with E-state index in [4.69, 9.17) is 21.1 Å². The highest BCUT2D eigenvalue weighted by atomic mass is 35.5. The van der Waals surface area contributed by atoms with E-state index in [0.29, 0.717) is 30.5 Å². The van der Waals surface area contributed by atoms with Crippen molar-refractivity contribution in [2.75, 3.05) is 49.6 Å². The molecule has 27 heavy (non-hydrogen) atoms. The quantitative estimate of drug-likeness (QED) is 0.824. The molecule has 1 saturated heterocycles. The van der Waals surface area contributed by atoms with Gasteiger partial charge in [0.1, 0.15) is 12.1 Å². The fourth-order valence-electron chi connectivity index (χ4n) is 2.65. The minimum atomic E-state index is -0.607. The van der Waals surface area contributed by atoms with Crippen molar-refractivity contribution < 1.29 is 19.1 Å². The molecule has 1 aromatic rings. The van der Waals surface area contributed by atoms with E-state index in [2.05, 4.69) is 10.2 Å². The van der Waals surface area contributed by atoms with Gasteiger partial charge in [-0.15, -0.1) is 0 Å². The number of benzene rings is 1. The number of ether oxygens (including phenoxy) is 2. The van der Waals surface area contributed by atoms with Crippen molar-refractivity contribution >= 4 is 35.0 Å². The van der Waals surface area contributed by atoms with E-state index >= 15 is 0 Å². The maximum absolute atomic E-state index is 12.3.